The normalized spacial score (nSPS) is 23.9. The smallest absolute Gasteiger partial charge is 0.0424 e. The highest BCUT2D eigenvalue weighted by atomic mass is 15.1. The molecule has 0 aliphatic heterocycles. The van der Waals surface area contributed by atoms with Crippen LogP contribution in [0.25, 0.3) is 0 Å². The maximum atomic E-state index is 6.31. The molecule has 1 aromatic carbocycles. The van der Waals surface area contributed by atoms with Gasteiger partial charge in [-0.25, -0.2) is 0 Å². The fourth-order valence-electron chi connectivity index (χ4n) is 2.70. The minimum atomic E-state index is 0.125. The van der Waals surface area contributed by atoms with Gasteiger partial charge in [0.2, 0.25) is 0 Å². The van der Waals surface area contributed by atoms with Crippen molar-refractivity contribution in [2.45, 2.75) is 39.2 Å². The summed E-state index contributed by atoms with van der Waals surface area (Å²) >= 11 is 0. The Morgan fingerprint density at radius 2 is 1.74 bits per heavy atom. The molecule has 0 saturated heterocycles. The predicted octanol–water partition coefficient (Wildman–Crippen LogP) is 3.40. The van der Waals surface area contributed by atoms with E-state index in [1.165, 1.54) is 24.1 Å². The lowest BCUT2D eigenvalue weighted by molar-refractivity contribution is 0.296. The Hall–Kier alpha value is -0.860. The number of benzene rings is 1. The van der Waals surface area contributed by atoms with Gasteiger partial charge in [0.15, 0.2) is 0 Å². The monoisotopic (exact) mass is 260 g/mol. The Kier molecular flexibility index (Phi) is 4.64. The van der Waals surface area contributed by atoms with Gasteiger partial charge in [0, 0.05) is 19.1 Å². The van der Waals surface area contributed by atoms with Crippen LogP contribution in [0.5, 0.6) is 0 Å². The van der Waals surface area contributed by atoms with E-state index in [0.717, 1.165) is 18.4 Å². The number of hydrogen-bond donors (Lipinski definition) is 1. The first-order valence-electron chi connectivity index (χ1n) is 7.51. The van der Waals surface area contributed by atoms with E-state index >= 15 is 0 Å². The molecule has 0 spiro atoms. The van der Waals surface area contributed by atoms with Gasteiger partial charge in [-0.05, 0) is 42.3 Å². The highest BCUT2D eigenvalue weighted by Crippen LogP contribution is 2.38. The molecule has 1 aliphatic carbocycles. The molecule has 0 heterocycles. The average Bonchev–Trinajstić information content (AvgIpc) is 3.04. The first kappa shape index (κ1) is 14.5. The van der Waals surface area contributed by atoms with Crippen LogP contribution in [0.2, 0.25) is 0 Å². The zero-order chi connectivity index (χ0) is 14.0. The molecule has 1 aliphatic rings. The lowest BCUT2D eigenvalue weighted by atomic mass is 9.99. The molecule has 19 heavy (non-hydrogen) atoms. The average molecular weight is 260 g/mol. The Balaban J connectivity index is 1.86. The second-order valence-electron chi connectivity index (χ2n) is 6.62. The molecule has 1 fully saturated rings. The van der Waals surface area contributed by atoms with Crippen LogP contribution in [0, 0.1) is 11.8 Å². The number of nitrogens with two attached hydrogens (primary N) is 1. The molecule has 0 amide bonds. The van der Waals surface area contributed by atoms with Crippen molar-refractivity contribution in [2.75, 3.05) is 20.1 Å². The van der Waals surface area contributed by atoms with Crippen molar-refractivity contribution in [1.82, 2.24) is 4.90 Å². The Morgan fingerprint density at radius 3 is 2.21 bits per heavy atom. The standard InChI is InChI=1S/C17H28N2/c1-12(2)14-5-7-15(8-6-14)17(18)11-19(4)10-16-9-13(16)3/h5-8,12-13,16-17H,9-11,18H2,1-4H3. The Labute approximate surface area is 118 Å². The Bertz CT molecular complexity index is 396. The van der Waals surface area contributed by atoms with Gasteiger partial charge in [0.1, 0.15) is 0 Å². The third kappa shape index (κ3) is 4.05. The summed E-state index contributed by atoms with van der Waals surface area (Å²) in [7, 11) is 2.19. The van der Waals surface area contributed by atoms with Crippen molar-refractivity contribution >= 4 is 0 Å². The van der Waals surface area contributed by atoms with Crippen molar-refractivity contribution in [2.24, 2.45) is 17.6 Å². The summed E-state index contributed by atoms with van der Waals surface area (Å²) in [5.41, 5.74) is 8.95. The molecule has 1 saturated carbocycles. The topological polar surface area (TPSA) is 29.3 Å². The lowest BCUT2D eigenvalue weighted by Crippen LogP contribution is -2.30. The van der Waals surface area contributed by atoms with Gasteiger partial charge in [-0.2, -0.15) is 0 Å². The molecular formula is C17H28N2. The summed E-state index contributed by atoms with van der Waals surface area (Å²) in [5, 5.41) is 0. The van der Waals surface area contributed by atoms with Crippen molar-refractivity contribution in [3.63, 3.8) is 0 Å². The second-order valence-corrected chi connectivity index (χ2v) is 6.62. The van der Waals surface area contributed by atoms with E-state index in [1.807, 2.05) is 0 Å². The minimum absolute atomic E-state index is 0.125. The third-order valence-corrected chi connectivity index (χ3v) is 4.36. The Morgan fingerprint density at radius 1 is 1.21 bits per heavy atom. The maximum Gasteiger partial charge on any atom is 0.0424 e. The molecule has 1 aromatic rings. The third-order valence-electron chi connectivity index (χ3n) is 4.36. The summed E-state index contributed by atoms with van der Waals surface area (Å²) in [6.45, 7) is 8.92. The van der Waals surface area contributed by atoms with E-state index in [-0.39, 0.29) is 6.04 Å². The predicted molar refractivity (Wildman–Crippen MR) is 82.2 cm³/mol. The first-order chi connectivity index (χ1) is 8.97. The summed E-state index contributed by atoms with van der Waals surface area (Å²) in [6, 6.07) is 8.92. The van der Waals surface area contributed by atoms with Crippen LogP contribution < -0.4 is 5.73 Å². The van der Waals surface area contributed by atoms with E-state index in [1.54, 1.807) is 0 Å². The fraction of sp³-hybridized carbons (Fsp3) is 0.647. The molecule has 0 bridgehead atoms. The molecule has 2 N–H and O–H groups in total. The quantitative estimate of drug-likeness (QED) is 0.849. The maximum absolute atomic E-state index is 6.31. The van der Waals surface area contributed by atoms with Crippen LogP contribution in [0.15, 0.2) is 24.3 Å². The highest BCUT2D eigenvalue weighted by Gasteiger charge is 2.33. The highest BCUT2D eigenvalue weighted by molar-refractivity contribution is 5.26. The van der Waals surface area contributed by atoms with Gasteiger partial charge >= 0.3 is 0 Å². The van der Waals surface area contributed by atoms with Crippen LogP contribution in [0.3, 0.4) is 0 Å². The molecule has 2 heteroatoms. The first-order valence-corrected chi connectivity index (χ1v) is 7.51. The number of likely N-dealkylation sites (N-methyl/N-ethyl adjacent to an activating group) is 1. The molecule has 3 unspecified atom stereocenters. The van der Waals surface area contributed by atoms with Crippen LogP contribution in [0.1, 0.15) is 50.3 Å². The van der Waals surface area contributed by atoms with Gasteiger partial charge in [-0.3, -0.25) is 0 Å². The van der Waals surface area contributed by atoms with E-state index < -0.39 is 0 Å². The van der Waals surface area contributed by atoms with Gasteiger partial charge in [-0.15, -0.1) is 0 Å². The lowest BCUT2D eigenvalue weighted by Gasteiger charge is -2.22. The zero-order valence-corrected chi connectivity index (χ0v) is 12.8. The summed E-state index contributed by atoms with van der Waals surface area (Å²) in [5.74, 6) is 2.41. The molecular weight excluding hydrogens is 232 g/mol. The number of nitrogens with zero attached hydrogens (tertiary/aromatic N) is 1. The molecule has 3 atom stereocenters. The number of rotatable bonds is 6. The van der Waals surface area contributed by atoms with E-state index in [2.05, 4.69) is 57.0 Å². The van der Waals surface area contributed by atoms with Crippen LogP contribution in [-0.4, -0.2) is 25.0 Å². The van der Waals surface area contributed by atoms with Crippen LogP contribution >= 0.6 is 0 Å². The van der Waals surface area contributed by atoms with Crippen molar-refractivity contribution in [3.05, 3.63) is 35.4 Å². The van der Waals surface area contributed by atoms with Gasteiger partial charge < -0.3 is 10.6 Å². The van der Waals surface area contributed by atoms with Gasteiger partial charge in [0.25, 0.3) is 0 Å². The van der Waals surface area contributed by atoms with Crippen molar-refractivity contribution < 1.29 is 0 Å². The van der Waals surface area contributed by atoms with Crippen molar-refractivity contribution in [3.8, 4) is 0 Å². The van der Waals surface area contributed by atoms with Crippen molar-refractivity contribution in [1.29, 1.82) is 0 Å². The summed E-state index contributed by atoms with van der Waals surface area (Å²) in [4.78, 5) is 2.38. The molecule has 106 valence electrons. The molecule has 0 aromatic heterocycles. The second kappa shape index (κ2) is 6.06. The minimum Gasteiger partial charge on any atom is -0.323 e. The van der Waals surface area contributed by atoms with E-state index in [4.69, 9.17) is 5.73 Å². The summed E-state index contributed by atoms with van der Waals surface area (Å²) in [6.07, 6.45) is 1.39. The van der Waals surface area contributed by atoms with Crippen LogP contribution in [0.4, 0.5) is 0 Å². The molecule has 2 nitrogen and oxygen atoms in total. The SMILES string of the molecule is CC(C)c1ccc(C(N)CN(C)CC2CC2C)cc1. The van der Waals surface area contributed by atoms with Gasteiger partial charge in [-0.1, -0.05) is 45.0 Å². The van der Waals surface area contributed by atoms with Gasteiger partial charge in [0.05, 0.1) is 0 Å². The largest absolute Gasteiger partial charge is 0.323 e. The molecule has 2 rings (SSSR count). The van der Waals surface area contributed by atoms with E-state index in [0.29, 0.717) is 5.92 Å². The van der Waals surface area contributed by atoms with Crippen LogP contribution in [-0.2, 0) is 0 Å². The summed E-state index contributed by atoms with van der Waals surface area (Å²) < 4.78 is 0. The molecule has 0 radical (unpaired) electrons. The van der Waals surface area contributed by atoms with E-state index in [9.17, 15) is 0 Å². The number of hydrogen-bond acceptors (Lipinski definition) is 2. The zero-order valence-electron chi connectivity index (χ0n) is 12.8. The fourth-order valence-corrected chi connectivity index (χ4v) is 2.70.